The number of nitrogens with zero attached hydrogens (tertiary/aromatic N) is 3. The van der Waals surface area contributed by atoms with E-state index in [-0.39, 0.29) is 35.8 Å². The first-order chi connectivity index (χ1) is 12.4. The molecule has 1 aromatic rings. The van der Waals surface area contributed by atoms with Gasteiger partial charge in [0.25, 0.3) is 0 Å². The number of guanidine groups is 1. The third-order valence-electron chi connectivity index (χ3n) is 4.15. The quantitative estimate of drug-likeness (QED) is 0.321. The van der Waals surface area contributed by atoms with E-state index in [2.05, 4.69) is 25.5 Å². The van der Waals surface area contributed by atoms with Crippen LogP contribution in [0.25, 0.3) is 0 Å². The van der Waals surface area contributed by atoms with Crippen LogP contribution >= 0.6 is 24.0 Å². The van der Waals surface area contributed by atoms with Crippen LogP contribution in [0.3, 0.4) is 0 Å². The number of aromatic nitrogens is 1. The molecule has 2 N–H and O–H groups in total. The summed E-state index contributed by atoms with van der Waals surface area (Å²) in [5, 5.41) is 6.51. The summed E-state index contributed by atoms with van der Waals surface area (Å²) in [7, 11) is -1.26. The van der Waals surface area contributed by atoms with E-state index in [9.17, 15) is 8.42 Å². The van der Waals surface area contributed by atoms with E-state index in [0.29, 0.717) is 32.1 Å². The fourth-order valence-corrected chi connectivity index (χ4v) is 3.48. The molecule has 0 aromatic carbocycles. The molecule has 1 atom stereocenters. The van der Waals surface area contributed by atoms with Gasteiger partial charge < -0.3 is 20.3 Å². The molecule has 0 amide bonds. The standard InChI is InChI=1S/C17H29N5O3S.HI/c1-14(6-12-26(3,23)24)21-17(18-2)20-13-15-5-4-7-19-16(15)22-8-10-25-11-9-22;/h4-5,7,14H,6,8-13H2,1-3H3,(H2,18,20,21);1H. The number of rotatable bonds is 7. The van der Waals surface area contributed by atoms with Gasteiger partial charge in [-0.3, -0.25) is 4.99 Å². The van der Waals surface area contributed by atoms with Crippen molar-refractivity contribution in [2.24, 2.45) is 4.99 Å². The molecule has 0 radical (unpaired) electrons. The lowest BCUT2D eigenvalue weighted by molar-refractivity contribution is 0.122. The summed E-state index contributed by atoms with van der Waals surface area (Å²) >= 11 is 0. The second-order valence-electron chi connectivity index (χ2n) is 6.48. The Balaban J connectivity index is 0.00000364. The number of anilines is 1. The Kier molecular flexibility index (Phi) is 10.3. The van der Waals surface area contributed by atoms with Gasteiger partial charge in [-0.15, -0.1) is 24.0 Å². The van der Waals surface area contributed by atoms with Crippen molar-refractivity contribution in [3.8, 4) is 0 Å². The molecule has 2 rings (SSSR count). The van der Waals surface area contributed by atoms with Crippen LogP contribution in [0.5, 0.6) is 0 Å². The monoisotopic (exact) mass is 511 g/mol. The molecule has 10 heteroatoms. The smallest absolute Gasteiger partial charge is 0.191 e. The number of nitrogens with one attached hydrogen (secondary N) is 2. The number of sulfone groups is 1. The van der Waals surface area contributed by atoms with Crippen LogP contribution in [0, 0.1) is 0 Å². The number of morpholine rings is 1. The number of aliphatic imine (C=N–C) groups is 1. The van der Waals surface area contributed by atoms with Gasteiger partial charge in [-0.2, -0.15) is 0 Å². The lowest BCUT2D eigenvalue weighted by atomic mass is 10.2. The number of hydrogen-bond donors (Lipinski definition) is 2. The van der Waals surface area contributed by atoms with Crippen LogP contribution in [0.2, 0.25) is 0 Å². The maximum Gasteiger partial charge on any atom is 0.191 e. The van der Waals surface area contributed by atoms with Gasteiger partial charge >= 0.3 is 0 Å². The summed E-state index contributed by atoms with van der Waals surface area (Å²) in [4.78, 5) is 11.0. The minimum absolute atomic E-state index is 0. The average molecular weight is 511 g/mol. The van der Waals surface area contributed by atoms with E-state index in [1.807, 2.05) is 19.1 Å². The molecule has 1 fully saturated rings. The highest BCUT2D eigenvalue weighted by atomic mass is 127. The molecular weight excluding hydrogens is 481 g/mol. The van der Waals surface area contributed by atoms with E-state index in [4.69, 9.17) is 4.74 Å². The van der Waals surface area contributed by atoms with E-state index in [1.165, 1.54) is 6.26 Å². The van der Waals surface area contributed by atoms with E-state index < -0.39 is 9.84 Å². The van der Waals surface area contributed by atoms with E-state index in [1.54, 1.807) is 13.2 Å². The van der Waals surface area contributed by atoms with Gasteiger partial charge in [-0.1, -0.05) is 6.07 Å². The zero-order valence-electron chi connectivity index (χ0n) is 16.1. The molecule has 1 aromatic heterocycles. The predicted octanol–water partition coefficient (Wildman–Crippen LogP) is 1.02. The second kappa shape index (κ2) is 11.6. The summed E-state index contributed by atoms with van der Waals surface area (Å²) in [5.74, 6) is 1.76. The molecule has 1 unspecified atom stereocenters. The van der Waals surface area contributed by atoms with Crippen molar-refractivity contribution in [2.45, 2.75) is 25.9 Å². The Morgan fingerprint density at radius 2 is 2.11 bits per heavy atom. The number of pyridine rings is 1. The summed E-state index contributed by atoms with van der Waals surface area (Å²) in [6.45, 7) is 5.62. The number of hydrogen-bond acceptors (Lipinski definition) is 6. The summed E-state index contributed by atoms with van der Waals surface area (Å²) < 4.78 is 28.0. The lowest BCUT2D eigenvalue weighted by Gasteiger charge is -2.29. The van der Waals surface area contributed by atoms with Crippen LogP contribution in [0.1, 0.15) is 18.9 Å². The SMILES string of the molecule is CN=C(NCc1cccnc1N1CCOCC1)NC(C)CCS(C)(=O)=O.I. The topological polar surface area (TPSA) is 95.9 Å². The summed E-state index contributed by atoms with van der Waals surface area (Å²) in [6.07, 6.45) is 3.59. The molecular formula is C17H30IN5O3S. The molecule has 1 aliphatic rings. The molecule has 27 heavy (non-hydrogen) atoms. The molecule has 1 aliphatic heterocycles. The summed E-state index contributed by atoms with van der Waals surface area (Å²) in [6, 6.07) is 3.97. The highest BCUT2D eigenvalue weighted by Gasteiger charge is 2.16. The van der Waals surface area contributed by atoms with Crippen LogP contribution < -0.4 is 15.5 Å². The minimum Gasteiger partial charge on any atom is -0.378 e. The van der Waals surface area contributed by atoms with Crippen LogP contribution in [0.4, 0.5) is 5.82 Å². The Morgan fingerprint density at radius 1 is 1.41 bits per heavy atom. The fraction of sp³-hybridized carbons (Fsp3) is 0.647. The molecule has 0 saturated carbocycles. The normalized spacial score (nSPS) is 16.4. The van der Waals surface area contributed by atoms with Crippen molar-refractivity contribution in [1.29, 1.82) is 0 Å². The Labute approximate surface area is 179 Å². The first kappa shape index (κ1) is 23.9. The van der Waals surface area contributed by atoms with Crippen LogP contribution in [-0.2, 0) is 21.1 Å². The fourth-order valence-electron chi connectivity index (χ4n) is 2.70. The molecule has 0 spiro atoms. The Bertz CT molecular complexity index is 708. The van der Waals surface area contributed by atoms with Crippen molar-refractivity contribution in [3.05, 3.63) is 23.9 Å². The van der Waals surface area contributed by atoms with Gasteiger partial charge in [0.2, 0.25) is 0 Å². The molecule has 8 nitrogen and oxygen atoms in total. The predicted molar refractivity (Wildman–Crippen MR) is 120 cm³/mol. The zero-order chi connectivity index (χ0) is 19.0. The highest BCUT2D eigenvalue weighted by Crippen LogP contribution is 2.18. The van der Waals surface area contributed by atoms with Gasteiger partial charge in [-0.05, 0) is 19.4 Å². The van der Waals surface area contributed by atoms with Gasteiger partial charge in [0.15, 0.2) is 5.96 Å². The summed E-state index contributed by atoms with van der Waals surface area (Å²) in [5.41, 5.74) is 1.08. The third-order valence-corrected chi connectivity index (χ3v) is 5.13. The van der Waals surface area contributed by atoms with Gasteiger partial charge in [0.1, 0.15) is 15.7 Å². The van der Waals surface area contributed by atoms with Gasteiger partial charge in [0.05, 0.1) is 19.0 Å². The van der Waals surface area contributed by atoms with Crippen molar-refractivity contribution in [2.75, 3.05) is 50.3 Å². The maximum atomic E-state index is 11.3. The van der Waals surface area contributed by atoms with Crippen molar-refractivity contribution < 1.29 is 13.2 Å². The zero-order valence-corrected chi connectivity index (χ0v) is 19.3. The second-order valence-corrected chi connectivity index (χ2v) is 8.74. The Hall–Kier alpha value is -1.14. The van der Waals surface area contributed by atoms with Crippen molar-refractivity contribution in [3.63, 3.8) is 0 Å². The molecule has 154 valence electrons. The highest BCUT2D eigenvalue weighted by molar-refractivity contribution is 14.0. The average Bonchev–Trinajstić information content (AvgIpc) is 2.64. The first-order valence-corrected chi connectivity index (χ1v) is 10.9. The minimum atomic E-state index is -2.96. The van der Waals surface area contributed by atoms with Gasteiger partial charge in [-0.25, -0.2) is 13.4 Å². The lowest BCUT2D eigenvalue weighted by Crippen LogP contribution is -2.43. The van der Waals surface area contributed by atoms with Gasteiger partial charge in [0, 0.05) is 50.7 Å². The maximum absolute atomic E-state index is 11.3. The Morgan fingerprint density at radius 3 is 2.74 bits per heavy atom. The van der Waals surface area contributed by atoms with E-state index in [0.717, 1.165) is 24.5 Å². The van der Waals surface area contributed by atoms with Crippen LogP contribution in [0.15, 0.2) is 23.3 Å². The molecule has 2 heterocycles. The first-order valence-electron chi connectivity index (χ1n) is 8.80. The largest absolute Gasteiger partial charge is 0.378 e. The van der Waals surface area contributed by atoms with E-state index >= 15 is 0 Å². The number of halogens is 1. The molecule has 1 saturated heterocycles. The molecule has 0 aliphatic carbocycles. The number of ether oxygens (including phenoxy) is 1. The van der Waals surface area contributed by atoms with Crippen molar-refractivity contribution >= 4 is 45.6 Å². The molecule has 0 bridgehead atoms. The van der Waals surface area contributed by atoms with Crippen molar-refractivity contribution in [1.82, 2.24) is 15.6 Å². The third kappa shape index (κ3) is 8.60. The van der Waals surface area contributed by atoms with Crippen LogP contribution in [-0.4, -0.2) is 70.8 Å².